The summed E-state index contributed by atoms with van der Waals surface area (Å²) in [7, 11) is 0. The smallest absolute Gasteiger partial charge is 0.317 e. The third-order valence-corrected chi connectivity index (χ3v) is 3.97. The lowest BCUT2D eigenvalue weighted by atomic mass is 10.1. The molecule has 10 heteroatoms. The molecule has 7 nitrogen and oxygen atoms in total. The molecular formula is C15H10ClF2N5O2. The van der Waals surface area contributed by atoms with E-state index in [0.717, 1.165) is 18.4 Å². The largest absolute Gasteiger partial charge is 0.452 e. The molecule has 0 unspecified atom stereocenters. The molecule has 0 radical (unpaired) electrons. The summed E-state index contributed by atoms with van der Waals surface area (Å²) in [5, 5.41) is 7.21. The Morgan fingerprint density at radius 1 is 1.08 bits per heavy atom. The van der Waals surface area contributed by atoms with Crippen LogP contribution < -0.4 is 4.74 Å². The highest BCUT2D eigenvalue weighted by molar-refractivity contribution is 6.29. The van der Waals surface area contributed by atoms with Gasteiger partial charge in [-0.25, -0.2) is 15.0 Å². The molecule has 0 spiro atoms. The van der Waals surface area contributed by atoms with Gasteiger partial charge in [0, 0.05) is 24.2 Å². The van der Waals surface area contributed by atoms with E-state index in [1.54, 1.807) is 12.3 Å². The van der Waals surface area contributed by atoms with Gasteiger partial charge in [0.2, 0.25) is 0 Å². The van der Waals surface area contributed by atoms with Crippen molar-refractivity contribution >= 4 is 11.6 Å². The van der Waals surface area contributed by atoms with E-state index in [1.807, 2.05) is 6.07 Å². The van der Waals surface area contributed by atoms with Crippen LogP contribution in [0.4, 0.5) is 8.78 Å². The van der Waals surface area contributed by atoms with Crippen LogP contribution in [-0.4, -0.2) is 25.1 Å². The highest BCUT2D eigenvalue weighted by atomic mass is 35.5. The molecule has 3 aromatic heterocycles. The fourth-order valence-corrected chi connectivity index (χ4v) is 2.41. The molecule has 0 N–H and O–H groups in total. The summed E-state index contributed by atoms with van der Waals surface area (Å²) in [6.07, 6.45) is 3.20. The van der Waals surface area contributed by atoms with Crippen LogP contribution >= 0.6 is 11.6 Å². The molecule has 128 valence electrons. The molecule has 1 saturated carbocycles. The van der Waals surface area contributed by atoms with Crippen LogP contribution in [0, 0.1) is 0 Å². The number of halogens is 3. The molecule has 0 saturated heterocycles. The lowest BCUT2D eigenvalue weighted by Gasteiger charge is -2.16. The average molecular weight is 366 g/mol. The molecule has 0 atom stereocenters. The van der Waals surface area contributed by atoms with Crippen molar-refractivity contribution in [2.75, 3.05) is 0 Å². The average Bonchev–Trinajstić information content (AvgIpc) is 3.21. The first-order chi connectivity index (χ1) is 12.1. The quantitative estimate of drug-likeness (QED) is 0.638. The van der Waals surface area contributed by atoms with Gasteiger partial charge in [0.25, 0.3) is 11.8 Å². The first-order valence-corrected chi connectivity index (χ1v) is 7.69. The summed E-state index contributed by atoms with van der Waals surface area (Å²) in [5.74, 6) is -0.826. The van der Waals surface area contributed by atoms with Gasteiger partial charge in [-0.1, -0.05) is 17.7 Å². The number of hydrogen-bond donors (Lipinski definition) is 0. The summed E-state index contributed by atoms with van der Waals surface area (Å²) in [5.41, 5.74) is 0.708. The Hall–Kier alpha value is -2.68. The summed E-state index contributed by atoms with van der Waals surface area (Å²) in [6, 6.07) is 3.70. The number of aromatic nitrogens is 5. The van der Waals surface area contributed by atoms with E-state index in [2.05, 4.69) is 25.1 Å². The van der Waals surface area contributed by atoms with Gasteiger partial charge >= 0.3 is 12.4 Å². The molecule has 1 fully saturated rings. The third-order valence-electron chi connectivity index (χ3n) is 3.75. The van der Waals surface area contributed by atoms with Crippen molar-refractivity contribution in [3.05, 3.63) is 47.3 Å². The molecular weight excluding hydrogens is 356 g/mol. The van der Waals surface area contributed by atoms with Crippen LogP contribution in [0.5, 0.6) is 6.01 Å². The van der Waals surface area contributed by atoms with Gasteiger partial charge in [0.15, 0.2) is 0 Å². The number of hydrogen-bond acceptors (Lipinski definition) is 7. The minimum Gasteiger partial charge on any atom is -0.452 e. The predicted molar refractivity (Wildman–Crippen MR) is 81.1 cm³/mol. The van der Waals surface area contributed by atoms with E-state index in [9.17, 15) is 8.78 Å². The van der Waals surface area contributed by atoms with Crippen molar-refractivity contribution in [1.82, 2.24) is 25.1 Å². The second-order valence-corrected chi connectivity index (χ2v) is 5.85. The van der Waals surface area contributed by atoms with Gasteiger partial charge in [0.1, 0.15) is 10.8 Å². The van der Waals surface area contributed by atoms with Crippen molar-refractivity contribution in [2.24, 2.45) is 0 Å². The standard InChI is InChI=1S/C15H10ClF2N5O2/c16-10-2-1-9(7-19-10)15(3-4-15)25-14-20-5-8(6-21-14)12-22-23-13(24-12)11(17)18/h1-2,5-7,11H,3-4H2. The number of ether oxygens (including phenoxy) is 1. The molecule has 3 heterocycles. The molecule has 0 aliphatic heterocycles. The molecule has 25 heavy (non-hydrogen) atoms. The normalized spacial score (nSPS) is 15.4. The molecule has 1 aliphatic rings. The van der Waals surface area contributed by atoms with Gasteiger partial charge in [-0.15, -0.1) is 10.2 Å². The summed E-state index contributed by atoms with van der Waals surface area (Å²) in [4.78, 5) is 12.2. The fourth-order valence-electron chi connectivity index (χ4n) is 2.30. The van der Waals surface area contributed by atoms with Crippen LogP contribution in [0.25, 0.3) is 11.5 Å². The van der Waals surface area contributed by atoms with Gasteiger partial charge in [0.05, 0.1) is 5.56 Å². The Kier molecular flexibility index (Phi) is 3.79. The van der Waals surface area contributed by atoms with Crippen LogP contribution in [0.2, 0.25) is 5.15 Å². The summed E-state index contributed by atoms with van der Waals surface area (Å²) in [6.45, 7) is 0. The van der Waals surface area contributed by atoms with Crippen molar-refractivity contribution in [3.63, 3.8) is 0 Å². The maximum absolute atomic E-state index is 12.5. The number of nitrogens with zero attached hydrogens (tertiary/aromatic N) is 5. The zero-order valence-corrected chi connectivity index (χ0v) is 13.3. The summed E-state index contributed by atoms with van der Waals surface area (Å²) < 4.78 is 35.7. The van der Waals surface area contributed by atoms with E-state index >= 15 is 0 Å². The van der Waals surface area contributed by atoms with Gasteiger partial charge in [-0.3, -0.25) is 0 Å². The Balaban J connectivity index is 1.51. The molecule has 1 aliphatic carbocycles. The first kappa shape index (κ1) is 15.8. The third kappa shape index (κ3) is 3.14. The van der Waals surface area contributed by atoms with E-state index < -0.39 is 17.9 Å². The van der Waals surface area contributed by atoms with Gasteiger partial charge in [-0.2, -0.15) is 8.78 Å². The van der Waals surface area contributed by atoms with Crippen LogP contribution in [0.1, 0.15) is 30.7 Å². The second-order valence-electron chi connectivity index (χ2n) is 5.47. The highest BCUT2D eigenvalue weighted by Crippen LogP contribution is 2.48. The Morgan fingerprint density at radius 3 is 2.40 bits per heavy atom. The Bertz CT molecular complexity index is 882. The Morgan fingerprint density at radius 2 is 1.84 bits per heavy atom. The zero-order valence-electron chi connectivity index (χ0n) is 12.6. The predicted octanol–water partition coefficient (Wildman–Crippen LogP) is 3.58. The fraction of sp³-hybridized carbons (Fsp3) is 0.267. The number of alkyl halides is 2. The van der Waals surface area contributed by atoms with Crippen molar-refractivity contribution < 1.29 is 17.9 Å². The maximum Gasteiger partial charge on any atom is 0.317 e. The monoisotopic (exact) mass is 365 g/mol. The first-order valence-electron chi connectivity index (χ1n) is 7.31. The SMILES string of the molecule is FC(F)c1nnc(-c2cnc(OC3(c4ccc(Cl)nc4)CC3)nc2)o1. The Labute approximate surface area is 145 Å². The lowest BCUT2D eigenvalue weighted by Crippen LogP contribution is -2.17. The maximum atomic E-state index is 12.5. The molecule has 3 aromatic rings. The minimum atomic E-state index is -2.83. The van der Waals surface area contributed by atoms with E-state index in [-0.39, 0.29) is 11.9 Å². The van der Waals surface area contributed by atoms with Gasteiger partial charge < -0.3 is 9.15 Å². The zero-order chi connectivity index (χ0) is 17.4. The van der Waals surface area contributed by atoms with E-state index in [1.165, 1.54) is 12.4 Å². The van der Waals surface area contributed by atoms with Crippen LogP contribution in [0.3, 0.4) is 0 Å². The van der Waals surface area contributed by atoms with Gasteiger partial charge in [-0.05, 0) is 18.9 Å². The second kappa shape index (κ2) is 5.99. The lowest BCUT2D eigenvalue weighted by molar-refractivity contribution is 0.116. The molecule has 4 rings (SSSR count). The topological polar surface area (TPSA) is 86.8 Å². The van der Waals surface area contributed by atoms with Crippen molar-refractivity contribution in [3.8, 4) is 17.5 Å². The van der Waals surface area contributed by atoms with E-state index in [0.29, 0.717) is 10.7 Å². The minimum absolute atomic E-state index is 0.0788. The molecule has 0 aromatic carbocycles. The highest BCUT2D eigenvalue weighted by Gasteiger charge is 2.48. The van der Waals surface area contributed by atoms with Crippen LogP contribution in [-0.2, 0) is 5.60 Å². The van der Waals surface area contributed by atoms with Crippen molar-refractivity contribution in [2.45, 2.75) is 24.9 Å². The van der Waals surface area contributed by atoms with Crippen LogP contribution in [0.15, 0.2) is 35.1 Å². The van der Waals surface area contributed by atoms with E-state index in [4.69, 9.17) is 20.8 Å². The summed E-state index contributed by atoms with van der Waals surface area (Å²) >= 11 is 5.80. The molecule has 0 bridgehead atoms. The van der Waals surface area contributed by atoms with Crippen molar-refractivity contribution in [1.29, 1.82) is 0 Å². The number of pyridine rings is 1. The number of rotatable bonds is 5. The molecule has 0 amide bonds.